The molecule has 11 heteroatoms. The molecule has 0 heterocycles. The number of carboxylic acids is 1. The van der Waals surface area contributed by atoms with E-state index < -0.39 is 32.5 Å². The fourth-order valence-corrected chi connectivity index (χ4v) is 0.661. The van der Waals surface area contributed by atoms with E-state index in [-0.39, 0.29) is 13.2 Å². The van der Waals surface area contributed by atoms with E-state index in [1.54, 1.807) is 0 Å². The molecule has 0 bridgehead atoms. The molecule has 17 heavy (non-hydrogen) atoms. The van der Waals surface area contributed by atoms with Crippen molar-refractivity contribution in [2.45, 2.75) is 12.1 Å². The van der Waals surface area contributed by atoms with Gasteiger partial charge in [0.15, 0.2) is 0 Å². The van der Waals surface area contributed by atoms with Gasteiger partial charge in [-0.2, -0.15) is 0 Å². The van der Waals surface area contributed by atoms with Gasteiger partial charge in [-0.05, 0) is 0 Å². The Morgan fingerprint density at radius 3 is 1.88 bits per heavy atom. The summed E-state index contributed by atoms with van der Waals surface area (Å²) in [7, 11) is -4.60. The zero-order valence-corrected chi connectivity index (χ0v) is 9.60. The Bertz CT molecular complexity index is 250. The Labute approximate surface area is 96.5 Å². The molecule has 0 rings (SSSR count). The minimum Gasteiger partial charge on any atom is -0.480 e. The molecular formula is C6H16NO9P. The van der Waals surface area contributed by atoms with Crippen LogP contribution in [-0.4, -0.2) is 68.1 Å². The molecule has 0 aromatic rings. The predicted octanol–water partition coefficient (Wildman–Crippen LogP) is -3.16. The number of carboxylic acid groups (broad SMARTS) is 1. The molecule has 0 aliphatic rings. The Kier molecular flexibility index (Phi) is 10.4. The fourth-order valence-electron chi connectivity index (χ4n) is 0.306. The number of phosphoric acid groups is 1. The maximum Gasteiger partial charge on any atom is 0.469 e. The lowest BCUT2D eigenvalue weighted by Crippen LogP contribution is -2.34. The largest absolute Gasteiger partial charge is 0.480 e. The zero-order valence-electron chi connectivity index (χ0n) is 8.71. The van der Waals surface area contributed by atoms with Gasteiger partial charge in [-0.1, -0.05) is 0 Å². The summed E-state index contributed by atoms with van der Waals surface area (Å²) in [6, 6.07) is -1.41. The molecule has 0 spiro atoms. The van der Waals surface area contributed by atoms with Crippen LogP contribution >= 0.6 is 7.82 Å². The molecule has 0 saturated carbocycles. The lowest BCUT2D eigenvalue weighted by Gasteiger charge is -2.07. The molecule has 0 aromatic carbocycles. The summed E-state index contributed by atoms with van der Waals surface area (Å²) >= 11 is 0. The highest BCUT2D eigenvalue weighted by molar-refractivity contribution is 7.46. The number of aliphatic hydroxyl groups excluding tert-OH is 3. The van der Waals surface area contributed by atoms with Crippen molar-refractivity contribution in [3.8, 4) is 0 Å². The third-order valence-electron chi connectivity index (χ3n) is 1.16. The van der Waals surface area contributed by atoms with Gasteiger partial charge in [0, 0.05) is 0 Å². The van der Waals surface area contributed by atoms with E-state index in [0.717, 1.165) is 0 Å². The normalized spacial score (nSPS) is 12.9. The maximum atomic E-state index is 9.98. The van der Waals surface area contributed by atoms with Gasteiger partial charge in [0.2, 0.25) is 0 Å². The molecule has 0 aliphatic carbocycles. The van der Waals surface area contributed by atoms with Crippen molar-refractivity contribution in [3.05, 3.63) is 0 Å². The number of hydrogen-bond acceptors (Lipinski definition) is 7. The van der Waals surface area contributed by atoms with Crippen LogP contribution in [0, 0.1) is 0 Å². The number of rotatable bonds is 6. The van der Waals surface area contributed by atoms with Gasteiger partial charge in [-0.3, -0.25) is 9.32 Å². The smallest absolute Gasteiger partial charge is 0.469 e. The summed E-state index contributed by atoms with van der Waals surface area (Å²) in [5.74, 6) is -1.38. The summed E-state index contributed by atoms with van der Waals surface area (Å²) < 4.78 is 13.8. The summed E-state index contributed by atoms with van der Waals surface area (Å²) in [6.07, 6.45) is -0.954. The monoisotopic (exact) mass is 277 g/mol. The topological polar surface area (TPSA) is 191 Å². The number of nitrogens with two attached hydrogens (primary N) is 1. The van der Waals surface area contributed by atoms with Gasteiger partial charge in [-0.15, -0.1) is 0 Å². The van der Waals surface area contributed by atoms with Gasteiger partial charge < -0.3 is 35.9 Å². The quantitative estimate of drug-likeness (QED) is 0.244. The van der Waals surface area contributed by atoms with Gasteiger partial charge in [0.25, 0.3) is 0 Å². The SMILES string of the molecule is N[C@@H](COP(=O)(O)O)C(=O)O.OCC(O)CO. The molecule has 0 fully saturated rings. The van der Waals surface area contributed by atoms with E-state index in [4.69, 9.17) is 35.9 Å². The van der Waals surface area contributed by atoms with Crippen LogP contribution in [0.3, 0.4) is 0 Å². The average molecular weight is 277 g/mol. The van der Waals surface area contributed by atoms with Gasteiger partial charge >= 0.3 is 13.8 Å². The van der Waals surface area contributed by atoms with Crippen molar-refractivity contribution < 1.29 is 44.1 Å². The third kappa shape index (κ3) is 15.4. The van der Waals surface area contributed by atoms with Crippen LogP contribution in [0.1, 0.15) is 0 Å². The standard InChI is InChI=1S/C3H8NO6P.C3H8O3/c4-2(3(5)6)1-10-11(7,8)9;4-1-3(6)2-5/h2H,1,4H2,(H,5,6)(H2,7,8,9);3-6H,1-2H2/t2-;/m0./s1. The van der Waals surface area contributed by atoms with Crippen molar-refractivity contribution in [3.63, 3.8) is 0 Å². The first-order valence-corrected chi connectivity index (χ1v) is 5.75. The predicted molar refractivity (Wildman–Crippen MR) is 53.8 cm³/mol. The van der Waals surface area contributed by atoms with E-state index >= 15 is 0 Å². The van der Waals surface area contributed by atoms with Crippen LogP contribution in [0.4, 0.5) is 0 Å². The summed E-state index contributed by atoms with van der Waals surface area (Å²) in [6.45, 7) is -1.44. The maximum absolute atomic E-state index is 9.98. The van der Waals surface area contributed by atoms with Crippen LogP contribution in [0.15, 0.2) is 0 Å². The van der Waals surface area contributed by atoms with Crippen molar-refractivity contribution in [2.24, 2.45) is 5.73 Å². The Morgan fingerprint density at radius 1 is 1.29 bits per heavy atom. The Morgan fingerprint density at radius 2 is 1.71 bits per heavy atom. The molecule has 0 saturated heterocycles. The molecule has 0 unspecified atom stereocenters. The summed E-state index contributed by atoms with van der Waals surface area (Å²) in [4.78, 5) is 26.1. The van der Waals surface area contributed by atoms with Gasteiger partial charge in [-0.25, -0.2) is 4.57 Å². The number of phosphoric ester groups is 1. The summed E-state index contributed by atoms with van der Waals surface area (Å²) in [5, 5.41) is 32.1. The summed E-state index contributed by atoms with van der Waals surface area (Å²) in [5.41, 5.74) is 4.86. The minimum atomic E-state index is -4.60. The molecule has 0 aromatic heterocycles. The van der Waals surface area contributed by atoms with Crippen molar-refractivity contribution >= 4 is 13.8 Å². The molecule has 104 valence electrons. The van der Waals surface area contributed by atoms with E-state index in [2.05, 4.69) is 4.52 Å². The van der Waals surface area contributed by atoms with Crippen molar-refractivity contribution in [1.82, 2.24) is 0 Å². The van der Waals surface area contributed by atoms with E-state index in [9.17, 15) is 9.36 Å². The van der Waals surface area contributed by atoms with E-state index in [1.807, 2.05) is 0 Å². The van der Waals surface area contributed by atoms with Crippen LogP contribution in [0.5, 0.6) is 0 Å². The fraction of sp³-hybridized carbons (Fsp3) is 0.833. The van der Waals surface area contributed by atoms with Gasteiger partial charge in [0.05, 0.1) is 19.8 Å². The van der Waals surface area contributed by atoms with Crippen LogP contribution in [0.2, 0.25) is 0 Å². The first-order valence-electron chi connectivity index (χ1n) is 4.22. The number of hydrogen-bond donors (Lipinski definition) is 7. The second-order valence-corrected chi connectivity index (χ2v) is 3.99. The lowest BCUT2D eigenvalue weighted by molar-refractivity contribution is -0.139. The second kappa shape index (κ2) is 9.45. The van der Waals surface area contributed by atoms with E-state index in [1.165, 1.54) is 0 Å². The molecule has 0 aliphatic heterocycles. The number of aliphatic hydroxyl groups is 3. The minimum absolute atomic E-state index is 0.365. The zero-order chi connectivity index (χ0) is 14.1. The third-order valence-corrected chi connectivity index (χ3v) is 1.65. The van der Waals surface area contributed by atoms with E-state index in [0.29, 0.717) is 0 Å². The van der Waals surface area contributed by atoms with Crippen LogP contribution in [-0.2, 0) is 13.9 Å². The molecule has 0 radical (unpaired) electrons. The van der Waals surface area contributed by atoms with Crippen molar-refractivity contribution in [2.75, 3.05) is 19.8 Å². The van der Waals surface area contributed by atoms with Crippen LogP contribution < -0.4 is 5.73 Å². The first kappa shape index (κ1) is 18.8. The number of carbonyl (C=O) groups is 1. The Balaban J connectivity index is 0. The number of aliphatic carboxylic acids is 1. The highest BCUT2D eigenvalue weighted by Crippen LogP contribution is 2.35. The molecule has 8 N–H and O–H groups in total. The molecule has 10 nitrogen and oxygen atoms in total. The highest BCUT2D eigenvalue weighted by atomic mass is 31.2. The highest BCUT2D eigenvalue weighted by Gasteiger charge is 2.19. The van der Waals surface area contributed by atoms with Crippen LogP contribution in [0.25, 0.3) is 0 Å². The lowest BCUT2D eigenvalue weighted by atomic mass is 10.3. The molecule has 0 amide bonds. The van der Waals surface area contributed by atoms with Crippen molar-refractivity contribution in [1.29, 1.82) is 0 Å². The average Bonchev–Trinajstić information content (AvgIpc) is 2.24. The molecule has 1 atom stereocenters. The van der Waals surface area contributed by atoms with Gasteiger partial charge in [0.1, 0.15) is 12.1 Å². The first-order chi connectivity index (χ1) is 7.64. The Hall–Kier alpha value is -0.580. The second-order valence-electron chi connectivity index (χ2n) is 2.75. The molecular weight excluding hydrogens is 261 g/mol.